The molecule has 25 heavy (non-hydrogen) atoms. The van der Waals surface area contributed by atoms with Gasteiger partial charge in [0.2, 0.25) is 5.91 Å². The first-order valence-corrected chi connectivity index (χ1v) is 7.83. The zero-order valence-electron chi connectivity index (χ0n) is 13.7. The number of anilines is 2. The zero-order chi connectivity index (χ0) is 18.1. The molecule has 0 atom stereocenters. The van der Waals surface area contributed by atoms with Gasteiger partial charge < -0.3 is 15.7 Å². The SMILES string of the molecule is C=CC(=O)Nc1ccc(C(=O)/C=C/c2ccc(NCCO)cc2)cc1. The average Bonchev–Trinajstić information content (AvgIpc) is 2.65. The van der Waals surface area contributed by atoms with Crippen LogP contribution in [0.25, 0.3) is 6.08 Å². The Hall–Kier alpha value is -3.18. The Morgan fingerprint density at radius 1 is 1.00 bits per heavy atom. The van der Waals surface area contributed by atoms with Gasteiger partial charge in [-0.2, -0.15) is 0 Å². The molecule has 2 aromatic carbocycles. The van der Waals surface area contributed by atoms with E-state index in [1.165, 1.54) is 12.2 Å². The van der Waals surface area contributed by atoms with Crippen molar-refractivity contribution in [3.63, 3.8) is 0 Å². The fraction of sp³-hybridized carbons (Fsp3) is 0.100. The van der Waals surface area contributed by atoms with Crippen molar-refractivity contribution in [3.8, 4) is 0 Å². The molecule has 0 aliphatic heterocycles. The molecule has 0 heterocycles. The summed E-state index contributed by atoms with van der Waals surface area (Å²) in [5.41, 5.74) is 2.96. The molecular formula is C20H20N2O3. The molecule has 5 heteroatoms. The topological polar surface area (TPSA) is 78.4 Å². The van der Waals surface area contributed by atoms with Crippen LogP contribution in [0.4, 0.5) is 11.4 Å². The van der Waals surface area contributed by atoms with Crippen LogP contribution in [0.15, 0.2) is 67.3 Å². The molecule has 0 fully saturated rings. The molecule has 0 aliphatic carbocycles. The van der Waals surface area contributed by atoms with Gasteiger partial charge in [0.1, 0.15) is 0 Å². The number of hydrogen-bond acceptors (Lipinski definition) is 4. The third kappa shape index (κ3) is 5.75. The highest BCUT2D eigenvalue weighted by Gasteiger charge is 2.03. The van der Waals surface area contributed by atoms with Crippen molar-refractivity contribution >= 4 is 29.1 Å². The molecule has 0 saturated carbocycles. The molecule has 5 nitrogen and oxygen atoms in total. The fourth-order valence-corrected chi connectivity index (χ4v) is 2.09. The molecule has 0 bridgehead atoms. The third-order valence-corrected chi connectivity index (χ3v) is 3.40. The first-order valence-electron chi connectivity index (χ1n) is 7.83. The number of allylic oxidation sites excluding steroid dienone is 1. The van der Waals surface area contributed by atoms with E-state index in [9.17, 15) is 9.59 Å². The van der Waals surface area contributed by atoms with Crippen molar-refractivity contribution in [2.75, 3.05) is 23.8 Å². The van der Waals surface area contributed by atoms with E-state index in [1.807, 2.05) is 24.3 Å². The molecule has 0 aromatic heterocycles. The first-order chi connectivity index (χ1) is 12.1. The number of benzene rings is 2. The normalized spacial score (nSPS) is 10.4. The number of nitrogens with one attached hydrogen (secondary N) is 2. The molecule has 0 unspecified atom stereocenters. The van der Waals surface area contributed by atoms with Crippen molar-refractivity contribution in [3.05, 3.63) is 78.4 Å². The maximum atomic E-state index is 12.2. The lowest BCUT2D eigenvalue weighted by molar-refractivity contribution is -0.111. The standard InChI is InChI=1S/C20H20N2O3/c1-2-20(25)22-18-10-6-16(7-11-18)19(24)12-5-15-3-8-17(9-4-15)21-13-14-23/h2-12,21,23H,1,13-14H2,(H,22,25)/b12-5+. The van der Waals surface area contributed by atoms with E-state index in [1.54, 1.807) is 30.3 Å². The average molecular weight is 336 g/mol. The minimum atomic E-state index is -0.295. The largest absolute Gasteiger partial charge is 0.395 e. The predicted octanol–water partition coefficient (Wildman–Crippen LogP) is 3.11. The Labute approximate surface area is 146 Å². The van der Waals surface area contributed by atoms with Gasteiger partial charge in [-0.1, -0.05) is 24.8 Å². The number of carbonyl (C=O) groups excluding carboxylic acids is 2. The second kappa shape index (κ2) is 9.20. The van der Waals surface area contributed by atoms with Crippen LogP contribution in [-0.4, -0.2) is 29.9 Å². The summed E-state index contributed by atoms with van der Waals surface area (Å²) in [7, 11) is 0. The van der Waals surface area contributed by atoms with Gasteiger partial charge >= 0.3 is 0 Å². The van der Waals surface area contributed by atoms with Crippen LogP contribution in [0.5, 0.6) is 0 Å². The summed E-state index contributed by atoms with van der Waals surface area (Å²) in [5, 5.41) is 14.5. The number of carbonyl (C=O) groups is 2. The summed E-state index contributed by atoms with van der Waals surface area (Å²) in [4.78, 5) is 23.4. The van der Waals surface area contributed by atoms with Gasteiger partial charge in [-0.05, 0) is 54.1 Å². The fourth-order valence-electron chi connectivity index (χ4n) is 2.09. The maximum Gasteiger partial charge on any atom is 0.247 e. The van der Waals surface area contributed by atoms with E-state index >= 15 is 0 Å². The Balaban J connectivity index is 1.97. The van der Waals surface area contributed by atoms with E-state index < -0.39 is 0 Å². The number of ketones is 1. The van der Waals surface area contributed by atoms with Gasteiger partial charge in [0.15, 0.2) is 5.78 Å². The molecule has 0 spiro atoms. The summed E-state index contributed by atoms with van der Waals surface area (Å²) in [5.74, 6) is -0.417. The van der Waals surface area contributed by atoms with Crippen LogP contribution in [0.2, 0.25) is 0 Å². The van der Waals surface area contributed by atoms with Gasteiger partial charge in [-0.3, -0.25) is 9.59 Å². The van der Waals surface area contributed by atoms with E-state index in [0.717, 1.165) is 11.3 Å². The van der Waals surface area contributed by atoms with E-state index in [4.69, 9.17) is 5.11 Å². The van der Waals surface area contributed by atoms with Crippen LogP contribution in [-0.2, 0) is 4.79 Å². The Morgan fingerprint density at radius 3 is 2.24 bits per heavy atom. The molecular weight excluding hydrogens is 316 g/mol. The third-order valence-electron chi connectivity index (χ3n) is 3.40. The quantitative estimate of drug-likeness (QED) is 0.511. The number of hydrogen-bond donors (Lipinski definition) is 3. The van der Waals surface area contributed by atoms with Crippen LogP contribution in [0, 0.1) is 0 Å². The van der Waals surface area contributed by atoms with E-state index in [2.05, 4.69) is 17.2 Å². The van der Waals surface area contributed by atoms with Gasteiger partial charge in [0.25, 0.3) is 0 Å². The molecule has 0 saturated heterocycles. The van der Waals surface area contributed by atoms with Crippen molar-refractivity contribution < 1.29 is 14.7 Å². The Kier molecular flexibility index (Phi) is 6.68. The molecule has 0 aliphatic rings. The Bertz CT molecular complexity index is 763. The minimum absolute atomic E-state index is 0.0756. The number of aliphatic hydroxyl groups excluding tert-OH is 1. The Morgan fingerprint density at radius 2 is 1.64 bits per heavy atom. The summed E-state index contributed by atoms with van der Waals surface area (Å²) >= 11 is 0. The minimum Gasteiger partial charge on any atom is -0.395 e. The number of amides is 1. The summed E-state index contributed by atoms with van der Waals surface area (Å²) in [6.07, 6.45) is 4.44. The van der Waals surface area contributed by atoms with Crippen LogP contribution < -0.4 is 10.6 Å². The van der Waals surface area contributed by atoms with Crippen molar-refractivity contribution in [2.24, 2.45) is 0 Å². The molecule has 1 amide bonds. The van der Waals surface area contributed by atoms with E-state index in [-0.39, 0.29) is 18.3 Å². The smallest absolute Gasteiger partial charge is 0.247 e. The monoisotopic (exact) mass is 336 g/mol. The first kappa shape index (κ1) is 18.2. The lowest BCUT2D eigenvalue weighted by Gasteiger charge is -2.04. The van der Waals surface area contributed by atoms with Crippen LogP contribution in [0.3, 0.4) is 0 Å². The predicted molar refractivity (Wildman–Crippen MR) is 101 cm³/mol. The zero-order valence-corrected chi connectivity index (χ0v) is 13.7. The lowest BCUT2D eigenvalue weighted by atomic mass is 10.1. The number of aliphatic hydroxyl groups is 1. The molecule has 2 rings (SSSR count). The highest BCUT2D eigenvalue weighted by atomic mass is 16.3. The van der Waals surface area contributed by atoms with Crippen molar-refractivity contribution in [1.29, 1.82) is 0 Å². The molecule has 0 radical (unpaired) electrons. The molecule has 3 N–H and O–H groups in total. The highest BCUT2D eigenvalue weighted by molar-refractivity contribution is 6.07. The van der Waals surface area contributed by atoms with Crippen molar-refractivity contribution in [1.82, 2.24) is 0 Å². The second-order valence-electron chi connectivity index (χ2n) is 5.24. The van der Waals surface area contributed by atoms with Gasteiger partial charge in [-0.25, -0.2) is 0 Å². The van der Waals surface area contributed by atoms with Gasteiger partial charge in [0.05, 0.1) is 6.61 Å². The van der Waals surface area contributed by atoms with Gasteiger partial charge in [0, 0.05) is 23.5 Å². The summed E-state index contributed by atoms with van der Waals surface area (Å²) in [6.45, 7) is 3.96. The highest BCUT2D eigenvalue weighted by Crippen LogP contribution is 2.13. The van der Waals surface area contributed by atoms with Gasteiger partial charge in [-0.15, -0.1) is 0 Å². The van der Waals surface area contributed by atoms with Crippen LogP contribution >= 0.6 is 0 Å². The molecule has 2 aromatic rings. The summed E-state index contributed by atoms with van der Waals surface area (Å²) in [6, 6.07) is 14.2. The van der Waals surface area contributed by atoms with Crippen molar-refractivity contribution in [2.45, 2.75) is 0 Å². The number of rotatable bonds is 8. The summed E-state index contributed by atoms with van der Waals surface area (Å²) < 4.78 is 0. The van der Waals surface area contributed by atoms with Crippen LogP contribution in [0.1, 0.15) is 15.9 Å². The maximum absolute atomic E-state index is 12.2. The van der Waals surface area contributed by atoms with E-state index in [0.29, 0.717) is 17.8 Å². The molecule has 128 valence electrons. The lowest BCUT2D eigenvalue weighted by Crippen LogP contribution is -2.07. The second-order valence-corrected chi connectivity index (χ2v) is 5.24.